The van der Waals surface area contributed by atoms with Crippen LogP contribution in [0.25, 0.3) is 0 Å². The highest BCUT2D eigenvalue weighted by Crippen LogP contribution is 2.19. The fourth-order valence-electron chi connectivity index (χ4n) is 1.68. The van der Waals surface area contributed by atoms with Gasteiger partial charge in [-0.25, -0.2) is 4.79 Å². The number of nitrogens with two attached hydrogens (primary N) is 1. The van der Waals surface area contributed by atoms with Crippen LogP contribution in [0.3, 0.4) is 0 Å². The van der Waals surface area contributed by atoms with Gasteiger partial charge in [0.15, 0.2) is 0 Å². The van der Waals surface area contributed by atoms with Crippen LogP contribution in [-0.2, 0) is 0 Å². The molecule has 1 aliphatic rings. The molecular weight excluding hydrogens is 140 g/mol. The first-order chi connectivity index (χ1) is 5.24. The summed E-state index contributed by atoms with van der Waals surface area (Å²) in [7, 11) is 0. The summed E-state index contributed by atoms with van der Waals surface area (Å²) in [5.74, 6) is 0.701. The quantitative estimate of drug-likeness (QED) is 0.641. The zero-order chi connectivity index (χ0) is 8.27. The standard InChI is InChI=1S/C8H16N2O/c1-2-3-7-4-5-10(6-7)8(9)11/h7H,2-6H2,1H3,(H2,9,11). The lowest BCUT2D eigenvalue weighted by Gasteiger charge is -2.12. The number of rotatable bonds is 2. The molecule has 0 radical (unpaired) electrons. The number of carbonyl (C=O) groups is 1. The van der Waals surface area contributed by atoms with Gasteiger partial charge in [-0.15, -0.1) is 0 Å². The van der Waals surface area contributed by atoms with Crippen LogP contribution in [0.1, 0.15) is 26.2 Å². The van der Waals surface area contributed by atoms with Gasteiger partial charge in [-0.3, -0.25) is 0 Å². The molecule has 1 heterocycles. The summed E-state index contributed by atoms with van der Waals surface area (Å²) in [5, 5.41) is 0. The van der Waals surface area contributed by atoms with E-state index >= 15 is 0 Å². The number of primary amides is 1. The van der Waals surface area contributed by atoms with E-state index in [1.165, 1.54) is 12.8 Å². The predicted octanol–water partition coefficient (Wildman–Crippen LogP) is 1.19. The van der Waals surface area contributed by atoms with Gasteiger partial charge in [-0.1, -0.05) is 13.3 Å². The predicted molar refractivity (Wildman–Crippen MR) is 44.2 cm³/mol. The highest BCUT2D eigenvalue weighted by Gasteiger charge is 2.23. The molecule has 3 nitrogen and oxygen atoms in total. The summed E-state index contributed by atoms with van der Waals surface area (Å²) >= 11 is 0. The van der Waals surface area contributed by atoms with Crippen LogP contribution in [0.2, 0.25) is 0 Å². The lowest BCUT2D eigenvalue weighted by atomic mass is 10.0. The molecule has 64 valence electrons. The molecule has 1 unspecified atom stereocenters. The smallest absolute Gasteiger partial charge is 0.314 e. The first kappa shape index (κ1) is 8.37. The second kappa shape index (κ2) is 3.60. The minimum Gasteiger partial charge on any atom is -0.351 e. The van der Waals surface area contributed by atoms with Crippen LogP contribution in [0, 0.1) is 5.92 Å². The van der Waals surface area contributed by atoms with Crippen molar-refractivity contribution < 1.29 is 4.79 Å². The summed E-state index contributed by atoms with van der Waals surface area (Å²) in [6.45, 7) is 3.91. The third kappa shape index (κ3) is 2.10. The van der Waals surface area contributed by atoms with Gasteiger partial charge >= 0.3 is 6.03 Å². The maximum Gasteiger partial charge on any atom is 0.314 e. The van der Waals surface area contributed by atoms with Crippen molar-refractivity contribution in [2.24, 2.45) is 11.7 Å². The second-order valence-corrected chi connectivity index (χ2v) is 3.23. The molecule has 1 rings (SSSR count). The molecule has 0 aromatic heterocycles. The lowest BCUT2D eigenvalue weighted by Crippen LogP contribution is -2.33. The van der Waals surface area contributed by atoms with E-state index in [-0.39, 0.29) is 6.03 Å². The van der Waals surface area contributed by atoms with Crippen molar-refractivity contribution >= 4 is 6.03 Å². The zero-order valence-corrected chi connectivity index (χ0v) is 7.05. The first-order valence-electron chi connectivity index (χ1n) is 4.28. The number of hydrogen-bond donors (Lipinski definition) is 1. The monoisotopic (exact) mass is 156 g/mol. The third-order valence-electron chi connectivity index (χ3n) is 2.29. The molecule has 1 aliphatic heterocycles. The number of nitrogens with zero attached hydrogens (tertiary/aromatic N) is 1. The minimum atomic E-state index is -0.261. The van der Waals surface area contributed by atoms with Crippen LogP contribution < -0.4 is 5.73 Å². The fraction of sp³-hybridized carbons (Fsp3) is 0.875. The number of likely N-dealkylation sites (tertiary alicyclic amines) is 1. The summed E-state index contributed by atoms with van der Waals surface area (Å²) in [4.78, 5) is 12.4. The Balaban J connectivity index is 2.29. The number of urea groups is 1. The molecule has 1 saturated heterocycles. The maximum atomic E-state index is 10.7. The van der Waals surface area contributed by atoms with Crippen LogP contribution in [-0.4, -0.2) is 24.0 Å². The second-order valence-electron chi connectivity index (χ2n) is 3.23. The first-order valence-corrected chi connectivity index (χ1v) is 4.28. The zero-order valence-electron chi connectivity index (χ0n) is 7.05. The van der Waals surface area contributed by atoms with Crippen molar-refractivity contribution in [3.63, 3.8) is 0 Å². The van der Waals surface area contributed by atoms with Gasteiger partial charge in [0.25, 0.3) is 0 Å². The molecule has 0 aromatic rings. The van der Waals surface area contributed by atoms with E-state index in [0.29, 0.717) is 5.92 Å². The van der Waals surface area contributed by atoms with E-state index in [1.54, 1.807) is 4.90 Å². The molecule has 0 aromatic carbocycles. The van der Waals surface area contributed by atoms with E-state index in [2.05, 4.69) is 6.92 Å². The van der Waals surface area contributed by atoms with Crippen molar-refractivity contribution in [2.45, 2.75) is 26.2 Å². The lowest BCUT2D eigenvalue weighted by molar-refractivity contribution is 0.216. The van der Waals surface area contributed by atoms with Crippen LogP contribution in [0.15, 0.2) is 0 Å². The van der Waals surface area contributed by atoms with Gasteiger partial charge in [0.1, 0.15) is 0 Å². The Morgan fingerprint density at radius 1 is 1.73 bits per heavy atom. The molecular formula is C8H16N2O. The van der Waals surface area contributed by atoms with Crippen molar-refractivity contribution in [3.05, 3.63) is 0 Å². The maximum absolute atomic E-state index is 10.7. The molecule has 0 spiro atoms. The molecule has 1 atom stereocenters. The van der Waals surface area contributed by atoms with Crippen LogP contribution in [0.4, 0.5) is 4.79 Å². The van der Waals surface area contributed by atoms with Crippen LogP contribution in [0.5, 0.6) is 0 Å². The highest BCUT2D eigenvalue weighted by molar-refractivity contribution is 5.72. The van der Waals surface area contributed by atoms with E-state index in [4.69, 9.17) is 5.73 Å². The normalized spacial score (nSPS) is 24.1. The summed E-state index contributed by atoms with van der Waals surface area (Å²) in [6.07, 6.45) is 3.57. The molecule has 0 bridgehead atoms. The van der Waals surface area contributed by atoms with Gasteiger partial charge < -0.3 is 10.6 Å². The summed E-state index contributed by atoms with van der Waals surface area (Å²) < 4.78 is 0. The van der Waals surface area contributed by atoms with Gasteiger partial charge in [0.2, 0.25) is 0 Å². The SMILES string of the molecule is CCCC1CCN(C(N)=O)C1. The summed E-state index contributed by atoms with van der Waals surface area (Å²) in [5.41, 5.74) is 5.14. The van der Waals surface area contributed by atoms with Gasteiger partial charge in [-0.05, 0) is 18.8 Å². The molecule has 11 heavy (non-hydrogen) atoms. The largest absolute Gasteiger partial charge is 0.351 e. The summed E-state index contributed by atoms with van der Waals surface area (Å²) in [6, 6.07) is -0.261. The van der Waals surface area contributed by atoms with Crippen molar-refractivity contribution in [3.8, 4) is 0 Å². The molecule has 2 N–H and O–H groups in total. The Bertz CT molecular complexity index is 147. The number of hydrogen-bond acceptors (Lipinski definition) is 1. The van der Waals surface area contributed by atoms with Gasteiger partial charge in [0.05, 0.1) is 0 Å². The number of amides is 2. The Kier molecular flexibility index (Phi) is 2.74. The Morgan fingerprint density at radius 2 is 2.45 bits per heavy atom. The van der Waals surface area contributed by atoms with Crippen molar-refractivity contribution in [1.82, 2.24) is 4.90 Å². The average Bonchev–Trinajstić information content (AvgIpc) is 2.37. The minimum absolute atomic E-state index is 0.261. The van der Waals surface area contributed by atoms with E-state index in [1.807, 2.05) is 0 Å². The molecule has 1 fully saturated rings. The molecule has 0 saturated carbocycles. The van der Waals surface area contributed by atoms with Gasteiger partial charge in [0, 0.05) is 13.1 Å². The highest BCUT2D eigenvalue weighted by atomic mass is 16.2. The Labute approximate surface area is 67.5 Å². The van der Waals surface area contributed by atoms with E-state index in [9.17, 15) is 4.79 Å². The number of carbonyl (C=O) groups excluding carboxylic acids is 1. The third-order valence-corrected chi connectivity index (χ3v) is 2.29. The fourth-order valence-corrected chi connectivity index (χ4v) is 1.68. The molecule has 2 amide bonds. The Hall–Kier alpha value is -0.730. The van der Waals surface area contributed by atoms with Crippen molar-refractivity contribution in [1.29, 1.82) is 0 Å². The average molecular weight is 156 g/mol. The van der Waals surface area contributed by atoms with Gasteiger partial charge in [-0.2, -0.15) is 0 Å². The topological polar surface area (TPSA) is 46.3 Å². The molecule has 0 aliphatic carbocycles. The van der Waals surface area contributed by atoms with E-state index in [0.717, 1.165) is 19.5 Å². The molecule has 3 heteroatoms. The van der Waals surface area contributed by atoms with Crippen molar-refractivity contribution in [2.75, 3.05) is 13.1 Å². The van der Waals surface area contributed by atoms with Crippen LogP contribution >= 0.6 is 0 Å². The van der Waals surface area contributed by atoms with E-state index < -0.39 is 0 Å². The Morgan fingerprint density at radius 3 is 2.91 bits per heavy atom.